The molecule has 62 valence electrons. The molecule has 0 saturated heterocycles. The van der Waals surface area contributed by atoms with Gasteiger partial charge < -0.3 is 4.74 Å². The molecule has 0 amide bonds. The molecule has 11 heavy (non-hydrogen) atoms. The molecule has 0 N–H and O–H groups in total. The Kier molecular flexibility index (Phi) is 2.12. The fourth-order valence-corrected chi connectivity index (χ4v) is 0.961. The van der Waals surface area contributed by atoms with E-state index in [1.807, 2.05) is 7.05 Å². The second-order valence-electron chi connectivity index (χ2n) is 2.74. The molecule has 1 rings (SSSR count). The summed E-state index contributed by atoms with van der Waals surface area (Å²) >= 11 is 0. The van der Waals surface area contributed by atoms with Gasteiger partial charge in [-0.25, -0.2) is 4.68 Å². The van der Waals surface area contributed by atoms with Gasteiger partial charge in [0.25, 0.3) is 0 Å². The summed E-state index contributed by atoms with van der Waals surface area (Å²) in [6.07, 6.45) is 0. The van der Waals surface area contributed by atoms with Crippen molar-refractivity contribution in [1.29, 1.82) is 0 Å². The second-order valence-corrected chi connectivity index (χ2v) is 2.74. The molecule has 0 unspecified atom stereocenters. The molecule has 0 spiro atoms. The van der Waals surface area contributed by atoms with E-state index in [4.69, 9.17) is 4.74 Å². The molecule has 0 atom stereocenters. The Bertz CT molecular complexity index is 242. The van der Waals surface area contributed by atoms with Crippen LogP contribution in [0.15, 0.2) is 0 Å². The first-order valence-electron chi connectivity index (χ1n) is 3.60. The maximum absolute atomic E-state index is 4.88. The van der Waals surface area contributed by atoms with Crippen molar-refractivity contribution in [2.75, 3.05) is 7.11 Å². The van der Waals surface area contributed by atoms with Crippen LogP contribution in [0.2, 0.25) is 0 Å². The van der Waals surface area contributed by atoms with E-state index < -0.39 is 0 Å². The number of hydrogen-bond donors (Lipinski definition) is 0. The third-order valence-electron chi connectivity index (χ3n) is 1.48. The second kappa shape index (κ2) is 2.90. The van der Waals surface area contributed by atoms with Gasteiger partial charge in [-0.1, -0.05) is 13.8 Å². The average molecular weight is 155 g/mol. The molecular weight excluding hydrogens is 142 g/mol. The number of hydrogen-bond acceptors (Lipinski definition) is 3. The molecule has 0 aliphatic carbocycles. The molecule has 0 fully saturated rings. The first-order chi connectivity index (χ1) is 5.15. The fraction of sp³-hybridized carbons (Fsp3) is 0.714. The van der Waals surface area contributed by atoms with Crippen LogP contribution in [0.4, 0.5) is 0 Å². The predicted molar refractivity (Wildman–Crippen MR) is 41.6 cm³/mol. The highest BCUT2D eigenvalue weighted by atomic mass is 16.5. The van der Waals surface area contributed by atoms with Crippen LogP contribution in [0.1, 0.15) is 25.6 Å². The van der Waals surface area contributed by atoms with E-state index in [0.717, 1.165) is 5.82 Å². The summed E-state index contributed by atoms with van der Waals surface area (Å²) in [5, 5.41) is 4.03. The van der Waals surface area contributed by atoms with Crippen molar-refractivity contribution >= 4 is 0 Å². The van der Waals surface area contributed by atoms with Gasteiger partial charge in [0.2, 0.25) is 0 Å². The third-order valence-corrected chi connectivity index (χ3v) is 1.48. The van der Waals surface area contributed by atoms with Crippen molar-refractivity contribution in [3.8, 4) is 6.01 Å². The van der Waals surface area contributed by atoms with Crippen LogP contribution in [0.5, 0.6) is 6.01 Å². The number of aromatic nitrogens is 3. The van der Waals surface area contributed by atoms with E-state index in [-0.39, 0.29) is 0 Å². The number of ether oxygens (including phenoxy) is 1. The summed E-state index contributed by atoms with van der Waals surface area (Å²) in [7, 11) is 3.43. The molecule has 0 aliphatic rings. The molecule has 1 heterocycles. The van der Waals surface area contributed by atoms with Gasteiger partial charge in [-0.2, -0.15) is 4.98 Å². The molecule has 4 nitrogen and oxygen atoms in total. The third kappa shape index (κ3) is 1.50. The van der Waals surface area contributed by atoms with Crippen molar-refractivity contribution in [2.24, 2.45) is 7.05 Å². The lowest BCUT2D eigenvalue weighted by molar-refractivity contribution is 0.378. The van der Waals surface area contributed by atoms with Crippen LogP contribution in [0.25, 0.3) is 0 Å². The number of nitrogens with zero attached hydrogens (tertiary/aromatic N) is 3. The number of methoxy groups -OCH3 is 1. The first kappa shape index (κ1) is 8.04. The molecule has 0 aromatic carbocycles. The van der Waals surface area contributed by atoms with Crippen LogP contribution in [-0.4, -0.2) is 21.9 Å². The van der Waals surface area contributed by atoms with Crippen LogP contribution >= 0.6 is 0 Å². The Morgan fingerprint density at radius 2 is 2.09 bits per heavy atom. The van der Waals surface area contributed by atoms with E-state index in [2.05, 4.69) is 23.9 Å². The maximum atomic E-state index is 4.88. The molecule has 4 heteroatoms. The minimum atomic E-state index is 0.386. The van der Waals surface area contributed by atoms with E-state index >= 15 is 0 Å². The lowest BCUT2D eigenvalue weighted by Crippen LogP contribution is -2.00. The lowest BCUT2D eigenvalue weighted by Gasteiger charge is -2.00. The SMILES string of the molecule is COc1nc(C(C)C)n(C)n1. The van der Waals surface area contributed by atoms with Crippen molar-refractivity contribution in [3.05, 3.63) is 5.82 Å². The highest BCUT2D eigenvalue weighted by Crippen LogP contribution is 2.13. The van der Waals surface area contributed by atoms with Gasteiger partial charge in [0, 0.05) is 13.0 Å². The highest BCUT2D eigenvalue weighted by molar-refractivity contribution is 5.00. The quantitative estimate of drug-likeness (QED) is 0.638. The van der Waals surface area contributed by atoms with E-state index in [1.54, 1.807) is 11.8 Å². The Hall–Kier alpha value is -1.06. The molecule has 0 aliphatic heterocycles. The molecule has 0 bridgehead atoms. The number of aryl methyl sites for hydroxylation is 1. The van der Waals surface area contributed by atoms with Crippen molar-refractivity contribution < 1.29 is 4.74 Å². The van der Waals surface area contributed by atoms with Gasteiger partial charge in [0.1, 0.15) is 5.82 Å². The van der Waals surface area contributed by atoms with Gasteiger partial charge in [-0.3, -0.25) is 0 Å². The minimum Gasteiger partial charge on any atom is -0.466 e. The number of rotatable bonds is 2. The predicted octanol–water partition coefficient (Wildman–Crippen LogP) is 0.947. The lowest BCUT2D eigenvalue weighted by atomic mass is 10.2. The zero-order valence-electron chi connectivity index (χ0n) is 7.33. The van der Waals surface area contributed by atoms with Crippen LogP contribution in [-0.2, 0) is 7.05 Å². The minimum absolute atomic E-state index is 0.386. The van der Waals surface area contributed by atoms with Crippen molar-refractivity contribution in [3.63, 3.8) is 0 Å². The highest BCUT2D eigenvalue weighted by Gasteiger charge is 2.09. The summed E-state index contributed by atoms with van der Waals surface area (Å²) in [6.45, 7) is 4.15. The zero-order chi connectivity index (χ0) is 8.43. The van der Waals surface area contributed by atoms with E-state index in [9.17, 15) is 0 Å². The Morgan fingerprint density at radius 3 is 2.36 bits per heavy atom. The molecule has 0 saturated carbocycles. The molecule has 1 aromatic rings. The smallest absolute Gasteiger partial charge is 0.335 e. The standard InChI is InChI=1S/C7H13N3O/c1-5(2)6-8-7(11-4)9-10(6)3/h5H,1-4H3. The van der Waals surface area contributed by atoms with E-state index in [0.29, 0.717) is 11.9 Å². The Morgan fingerprint density at radius 1 is 1.45 bits per heavy atom. The van der Waals surface area contributed by atoms with Gasteiger partial charge in [0.05, 0.1) is 7.11 Å². The normalized spacial score (nSPS) is 10.6. The Labute approximate surface area is 66.2 Å². The van der Waals surface area contributed by atoms with Crippen molar-refractivity contribution in [2.45, 2.75) is 19.8 Å². The van der Waals surface area contributed by atoms with Gasteiger partial charge in [-0.05, 0) is 0 Å². The van der Waals surface area contributed by atoms with Crippen LogP contribution in [0.3, 0.4) is 0 Å². The fourth-order valence-electron chi connectivity index (χ4n) is 0.961. The summed E-state index contributed by atoms with van der Waals surface area (Å²) in [5.41, 5.74) is 0. The largest absolute Gasteiger partial charge is 0.466 e. The van der Waals surface area contributed by atoms with Gasteiger partial charge in [0.15, 0.2) is 0 Å². The summed E-state index contributed by atoms with van der Waals surface area (Å²) in [6, 6.07) is 0.441. The Balaban J connectivity index is 2.97. The zero-order valence-corrected chi connectivity index (χ0v) is 7.33. The van der Waals surface area contributed by atoms with Crippen molar-refractivity contribution in [1.82, 2.24) is 14.8 Å². The first-order valence-corrected chi connectivity index (χ1v) is 3.60. The molecule has 0 radical (unpaired) electrons. The van der Waals surface area contributed by atoms with Gasteiger partial charge in [-0.15, -0.1) is 5.10 Å². The summed E-state index contributed by atoms with van der Waals surface area (Å²) < 4.78 is 6.62. The topological polar surface area (TPSA) is 39.9 Å². The maximum Gasteiger partial charge on any atom is 0.335 e. The summed E-state index contributed by atoms with van der Waals surface area (Å²) in [4.78, 5) is 4.16. The van der Waals surface area contributed by atoms with Crippen LogP contribution in [0, 0.1) is 0 Å². The molecular formula is C7H13N3O. The summed E-state index contributed by atoms with van der Waals surface area (Å²) in [5.74, 6) is 1.33. The van der Waals surface area contributed by atoms with Gasteiger partial charge >= 0.3 is 6.01 Å². The van der Waals surface area contributed by atoms with Crippen LogP contribution < -0.4 is 4.74 Å². The van der Waals surface area contributed by atoms with E-state index in [1.165, 1.54) is 0 Å². The average Bonchev–Trinajstić information content (AvgIpc) is 2.30. The molecule has 1 aromatic heterocycles. The monoisotopic (exact) mass is 155 g/mol.